The monoisotopic (exact) mass is 479 g/mol. The quantitative estimate of drug-likeness (QED) is 0.641. The Hall–Kier alpha value is -1.80. The summed E-state index contributed by atoms with van der Waals surface area (Å²) in [5.74, 6) is 0.810. The molecule has 1 saturated heterocycles. The second kappa shape index (κ2) is 8.75. The van der Waals surface area contributed by atoms with E-state index in [1.165, 1.54) is 0 Å². The molecular formula is C22H30BrN3O4. The lowest BCUT2D eigenvalue weighted by molar-refractivity contribution is -0.0366. The molecule has 2 aromatic rings. The van der Waals surface area contributed by atoms with Crippen molar-refractivity contribution in [2.24, 2.45) is 0 Å². The summed E-state index contributed by atoms with van der Waals surface area (Å²) in [6, 6.07) is 4.12. The molecule has 2 fully saturated rings. The van der Waals surface area contributed by atoms with Gasteiger partial charge in [-0.25, -0.2) is 9.48 Å². The molecule has 0 spiro atoms. The van der Waals surface area contributed by atoms with E-state index in [-0.39, 0.29) is 24.5 Å². The number of carbonyl (C=O) groups excluding carboxylic acids is 1. The lowest BCUT2D eigenvalue weighted by atomic mass is 10.2. The molecular weight excluding hydrogens is 450 g/mol. The number of halogens is 1. The molecule has 2 heterocycles. The number of ether oxygens (including phenoxy) is 3. The van der Waals surface area contributed by atoms with E-state index < -0.39 is 5.60 Å². The van der Waals surface area contributed by atoms with Crippen LogP contribution in [0.2, 0.25) is 0 Å². The van der Waals surface area contributed by atoms with E-state index >= 15 is 0 Å². The number of nitrogens with zero attached hydrogens (tertiary/aromatic N) is 2. The highest BCUT2D eigenvalue weighted by molar-refractivity contribution is 9.10. The molecule has 1 unspecified atom stereocenters. The standard InChI is InChI=1S/C22H30BrN3O4/c1-22(2,3)30-21(27)25-15-7-8-16(12-15)29-19-11-14(23)10-18-17(19)13-24-26(18)20-6-4-5-9-28-20/h10-11,13,15-16,20H,4-9,12H2,1-3H3,(H,25,27)/t15-,16-,20?/m0/s1. The van der Waals surface area contributed by atoms with Crippen molar-refractivity contribution in [2.75, 3.05) is 6.61 Å². The third-order valence-electron chi connectivity index (χ3n) is 5.47. The van der Waals surface area contributed by atoms with Crippen LogP contribution in [0.25, 0.3) is 10.9 Å². The maximum atomic E-state index is 12.0. The molecule has 4 rings (SSSR count). The van der Waals surface area contributed by atoms with Gasteiger partial charge in [-0.3, -0.25) is 0 Å². The van der Waals surface area contributed by atoms with Gasteiger partial charge in [0.2, 0.25) is 0 Å². The van der Waals surface area contributed by atoms with Gasteiger partial charge in [0.1, 0.15) is 17.5 Å². The van der Waals surface area contributed by atoms with Crippen LogP contribution < -0.4 is 10.1 Å². The Morgan fingerprint density at radius 3 is 2.83 bits per heavy atom. The summed E-state index contributed by atoms with van der Waals surface area (Å²) in [5, 5.41) is 8.55. The molecule has 1 aromatic heterocycles. The molecule has 1 amide bonds. The van der Waals surface area contributed by atoms with Gasteiger partial charge in [-0.1, -0.05) is 15.9 Å². The van der Waals surface area contributed by atoms with Gasteiger partial charge in [0.25, 0.3) is 0 Å². The van der Waals surface area contributed by atoms with Crippen molar-refractivity contribution in [3.63, 3.8) is 0 Å². The van der Waals surface area contributed by atoms with Gasteiger partial charge in [-0.15, -0.1) is 0 Å². The molecule has 2 aliphatic rings. The maximum Gasteiger partial charge on any atom is 0.407 e. The fourth-order valence-electron chi connectivity index (χ4n) is 4.16. The normalized spacial score (nSPS) is 24.7. The maximum absolute atomic E-state index is 12.0. The summed E-state index contributed by atoms with van der Waals surface area (Å²) in [5.41, 5.74) is 0.510. The minimum atomic E-state index is -0.497. The van der Waals surface area contributed by atoms with Gasteiger partial charge >= 0.3 is 6.09 Å². The van der Waals surface area contributed by atoms with Crippen LogP contribution in [-0.4, -0.2) is 40.2 Å². The Balaban J connectivity index is 1.44. The van der Waals surface area contributed by atoms with Crippen LogP contribution in [0.5, 0.6) is 5.75 Å². The SMILES string of the molecule is CC(C)(C)OC(=O)N[C@H]1CC[C@H](Oc2cc(Br)cc3c2cnn3C2CCCCO2)C1. The van der Waals surface area contributed by atoms with E-state index in [0.717, 1.165) is 66.3 Å². The number of hydrogen-bond donors (Lipinski definition) is 1. The lowest BCUT2D eigenvalue weighted by Gasteiger charge is -2.23. The second-order valence-corrected chi connectivity index (χ2v) is 10.1. The highest BCUT2D eigenvalue weighted by atomic mass is 79.9. The highest BCUT2D eigenvalue weighted by Gasteiger charge is 2.30. The zero-order valence-electron chi connectivity index (χ0n) is 17.8. The van der Waals surface area contributed by atoms with E-state index in [9.17, 15) is 4.79 Å². The molecule has 1 N–H and O–H groups in total. The van der Waals surface area contributed by atoms with Gasteiger partial charge in [-0.05, 0) is 65.0 Å². The average molecular weight is 480 g/mol. The number of fused-ring (bicyclic) bond motifs is 1. The van der Waals surface area contributed by atoms with Crippen molar-refractivity contribution >= 4 is 32.9 Å². The summed E-state index contributed by atoms with van der Waals surface area (Å²) in [7, 11) is 0. The molecule has 164 valence electrons. The molecule has 1 aliphatic heterocycles. The Morgan fingerprint density at radius 2 is 2.10 bits per heavy atom. The molecule has 0 bridgehead atoms. The minimum absolute atomic E-state index is 0.0210. The van der Waals surface area contributed by atoms with Crippen molar-refractivity contribution in [2.45, 2.75) is 83.3 Å². The van der Waals surface area contributed by atoms with E-state index in [4.69, 9.17) is 14.2 Å². The first-order valence-electron chi connectivity index (χ1n) is 10.7. The predicted octanol–water partition coefficient (Wildman–Crippen LogP) is 5.32. The van der Waals surface area contributed by atoms with Crippen LogP contribution in [0.3, 0.4) is 0 Å². The Labute approximate surface area is 185 Å². The lowest BCUT2D eigenvalue weighted by Crippen LogP contribution is -2.38. The van der Waals surface area contributed by atoms with Crippen LogP contribution in [0.15, 0.2) is 22.8 Å². The molecule has 30 heavy (non-hydrogen) atoms. The molecule has 1 saturated carbocycles. The van der Waals surface area contributed by atoms with Crippen molar-refractivity contribution in [3.8, 4) is 5.75 Å². The smallest absolute Gasteiger partial charge is 0.407 e. The van der Waals surface area contributed by atoms with Crippen LogP contribution in [0.4, 0.5) is 4.79 Å². The number of aromatic nitrogens is 2. The average Bonchev–Trinajstić information content (AvgIpc) is 3.27. The number of benzene rings is 1. The van der Waals surface area contributed by atoms with Crippen LogP contribution in [-0.2, 0) is 9.47 Å². The van der Waals surface area contributed by atoms with Crippen molar-refractivity contribution < 1.29 is 19.0 Å². The van der Waals surface area contributed by atoms with E-state index in [1.54, 1.807) is 0 Å². The summed E-state index contributed by atoms with van der Waals surface area (Å²) in [6.45, 7) is 6.37. The molecule has 0 radical (unpaired) electrons. The van der Waals surface area contributed by atoms with Gasteiger partial charge in [0.15, 0.2) is 6.23 Å². The second-order valence-electron chi connectivity index (χ2n) is 9.14. The number of amides is 1. The summed E-state index contributed by atoms with van der Waals surface area (Å²) < 4.78 is 20.6. The first-order valence-corrected chi connectivity index (χ1v) is 11.5. The number of nitrogens with one attached hydrogen (secondary N) is 1. The summed E-state index contributed by atoms with van der Waals surface area (Å²) in [4.78, 5) is 12.0. The molecule has 3 atom stereocenters. The number of alkyl carbamates (subject to hydrolysis) is 1. The first-order chi connectivity index (χ1) is 14.3. The van der Waals surface area contributed by atoms with E-state index in [1.807, 2.05) is 37.7 Å². The third-order valence-corrected chi connectivity index (χ3v) is 5.93. The van der Waals surface area contributed by atoms with E-state index in [2.05, 4.69) is 32.4 Å². The van der Waals surface area contributed by atoms with Crippen molar-refractivity contribution in [1.29, 1.82) is 0 Å². The first kappa shape index (κ1) is 21.4. The van der Waals surface area contributed by atoms with Gasteiger partial charge < -0.3 is 19.5 Å². The van der Waals surface area contributed by atoms with Crippen molar-refractivity contribution in [3.05, 3.63) is 22.8 Å². The fourth-order valence-corrected chi connectivity index (χ4v) is 4.58. The van der Waals surface area contributed by atoms with E-state index in [0.29, 0.717) is 0 Å². The topological polar surface area (TPSA) is 74.6 Å². The van der Waals surface area contributed by atoms with Crippen LogP contribution in [0, 0.1) is 0 Å². The Morgan fingerprint density at radius 1 is 1.27 bits per heavy atom. The summed E-state index contributed by atoms with van der Waals surface area (Å²) in [6.07, 6.45) is 7.25. The number of hydrogen-bond acceptors (Lipinski definition) is 5. The van der Waals surface area contributed by atoms with Crippen molar-refractivity contribution in [1.82, 2.24) is 15.1 Å². The molecule has 8 heteroatoms. The van der Waals surface area contributed by atoms with Crippen LogP contribution in [0.1, 0.15) is 65.5 Å². The number of carbonyl (C=O) groups is 1. The Kier molecular flexibility index (Phi) is 6.25. The summed E-state index contributed by atoms with van der Waals surface area (Å²) >= 11 is 3.61. The molecule has 1 aliphatic carbocycles. The largest absolute Gasteiger partial charge is 0.490 e. The fraction of sp³-hybridized carbons (Fsp3) is 0.636. The highest BCUT2D eigenvalue weighted by Crippen LogP contribution is 2.35. The predicted molar refractivity (Wildman–Crippen MR) is 118 cm³/mol. The van der Waals surface area contributed by atoms with Gasteiger partial charge in [0.05, 0.1) is 17.1 Å². The number of rotatable bonds is 4. The Bertz CT molecular complexity index is 902. The van der Waals surface area contributed by atoms with Gasteiger partial charge in [0, 0.05) is 23.5 Å². The van der Waals surface area contributed by atoms with Gasteiger partial charge in [-0.2, -0.15) is 5.10 Å². The third kappa shape index (κ3) is 5.09. The minimum Gasteiger partial charge on any atom is -0.490 e. The zero-order valence-corrected chi connectivity index (χ0v) is 19.4. The zero-order chi connectivity index (χ0) is 21.3. The van der Waals surface area contributed by atoms with Crippen LogP contribution >= 0.6 is 15.9 Å². The molecule has 7 nitrogen and oxygen atoms in total. The molecule has 1 aromatic carbocycles.